The minimum absolute atomic E-state index is 0.278. The van der Waals surface area contributed by atoms with Crippen molar-refractivity contribution in [2.24, 2.45) is 0 Å². The van der Waals surface area contributed by atoms with Crippen molar-refractivity contribution in [3.05, 3.63) is 24.1 Å². The minimum atomic E-state index is -0.636. The number of hydrogen-bond donors (Lipinski definition) is 0. The highest BCUT2D eigenvalue weighted by molar-refractivity contribution is 5.68. The second-order valence-electron chi connectivity index (χ2n) is 1.88. The molecule has 0 unspecified atom stereocenters. The fourth-order valence-corrected chi connectivity index (χ4v) is 0.582. The third-order valence-electron chi connectivity index (χ3n) is 0.965. The van der Waals surface area contributed by atoms with Crippen molar-refractivity contribution < 1.29 is 13.9 Å². The maximum absolute atomic E-state index is 12.6. The molecule has 0 radical (unpaired) electrons. The molecule has 0 bridgehead atoms. The molecule has 0 aliphatic heterocycles. The Labute approximate surface area is 62.8 Å². The first kappa shape index (κ1) is 7.65. The van der Waals surface area contributed by atoms with E-state index in [2.05, 4.69) is 9.72 Å². The lowest BCUT2D eigenvalue weighted by molar-refractivity contribution is -0.132. The van der Waals surface area contributed by atoms with Crippen molar-refractivity contribution in [3.8, 4) is 5.88 Å². The Morgan fingerprint density at radius 1 is 1.73 bits per heavy atom. The maximum atomic E-state index is 12.6. The van der Waals surface area contributed by atoms with Crippen molar-refractivity contribution in [3.63, 3.8) is 0 Å². The lowest BCUT2D eigenvalue weighted by atomic mass is 10.5. The summed E-state index contributed by atoms with van der Waals surface area (Å²) in [5.41, 5.74) is 0. The van der Waals surface area contributed by atoms with E-state index in [1.807, 2.05) is 0 Å². The molecule has 0 aliphatic rings. The molecule has 0 fully saturated rings. The molecule has 0 saturated carbocycles. The molecule has 1 aromatic rings. The predicted octanol–water partition coefficient (Wildman–Crippen LogP) is 1.15. The molecule has 0 aromatic carbocycles. The summed E-state index contributed by atoms with van der Waals surface area (Å²) in [6.07, 6.45) is 1.35. The van der Waals surface area contributed by atoms with E-state index in [1.54, 1.807) is 0 Å². The quantitative estimate of drug-likeness (QED) is 0.571. The molecule has 0 aliphatic carbocycles. The maximum Gasteiger partial charge on any atom is 0.309 e. The third-order valence-corrected chi connectivity index (χ3v) is 0.965. The molecule has 1 aromatic heterocycles. The summed E-state index contributed by atoms with van der Waals surface area (Å²) in [5.74, 6) is -1.50. The van der Waals surface area contributed by atoms with Gasteiger partial charge in [-0.1, -0.05) is 0 Å². The highest BCUT2D eigenvalue weighted by Gasteiger charge is 2.04. The van der Waals surface area contributed by atoms with Crippen molar-refractivity contribution >= 4 is 5.97 Å². The smallest absolute Gasteiger partial charge is 0.309 e. The number of ether oxygens (including phenoxy) is 1. The van der Waals surface area contributed by atoms with Crippen LogP contribution in [0.5, 0.6) is 5.88 Å². The number of carbonyl (C=O) groups excluding carboxylic acids is 1. The van der Waals surface area contributed by atoms with Crippen LogP contribution in [0.1, 0.15) is 6.92 Å². The summed E-state index contributed by atoms with van der Waals surface area (Å²) in [6, 6.07) is 2.59. The van der Waals surface area contributed by atoms with Crippen LogP contribution >= 0.6 is 0 Å². The fraction of sp³-hybridized carbons (Fsp3) is 0.143. The first-order chi connectivity index (χ1) is 5.20. The number of carbonyl (C=O) groups is 1. The van der Waals surface area contributed by atoms with Gasteiger partial charge < -0.3 is 4.74 Å². The number of aromatic nitrogens is 1. The second kappa shape index (κ2) is 3.09. The normalized spacial score (nSPS) is 9.27. The summed E-state index contributed by atoms with van der Waals surface area (Å²) in [4.78, 5) is 13.8. The Morgan fingerprint density at radius 2 is 2.45 bits per heavy atom. The van der Waals surface area contributed by atoms with Gasteiger partial charge in [0.05, 0.1) is 0 Å². The summed E-state index contributed by atoms with van der Waals surface area (Å²) in [5, 5.41) is 0. The largest absolute Gasteiger partial charge is 0.404 e. The zero-order valence-corrected chi connectivity index (χ0v) is 5.87. The van der Waals surface area contributed by atoms with Crippen LogP contribution in [-0.2, 0) is 4.79 Å². The minimum Gasteiger partial charge on any atom is -0.404 e. The highest BCUT2D eigenvalue weighted by Crippen LogP contribution is 2.10. The average Bonchev–Trinajstić information content (AvgIpc) is 1.93. The number of pyridine rings is 1. The fourth-order valence-electron chi connectivity index (χ4n) is 0.582. The Morgan fingerprint density at radius 3 is 3.00 bits per heavy atom. The highest BCUT2D eigenvalue weighted by atomic mass is 19.1. The summed E-state index contributed by atoms with van der Waals surface area (Å²) < 4.78 is 17.0. The van der Waals surface area contributed by atoms with Gasteiger partial charge in [-0.15, -0.1) is 0 Å². The van der Waals surface area contributed by atoms with Gasteiger partial charge in [0.25, 0.3) is 5.88 Å². The number of nitrogens with zero attached hydrogens (tertiary/aromatic N) is 1. The predicted molar refractivity (Wildman–Crippen MR) is 35.5 cm³/mol. The Hall–Kier alpha value is -1.45. The molecule has 58 valence electrons. The van der Waals surface area contributed by atoms with Crippen LogP contribution in [0, 0.1) is 5.82 Å². The van der Waals surface area contributed by atoms with E-state index in [4.69, 9.17) is 0 Å². The van der Waals surface area contributed by atoms with E-state index in [-0.39, 0.29) is 5.88 Å². The second-order valence-corrected chi connectivity index (χ2v) is 1.88. The van der Waals surface area contributed by atoms with E-state index in [0.29, 0.717) is 0 Å². The van der Waals surface area contributed by atoms with Gasteiger partial charge in [-0.05, 0) is 12.1 Å². The number of esters is 1. The molecule has 1 heterocycles. The van der Waals surface area contributed by atoms with Gasteiger partial charge in [0.2, 0.25) is 0 Å². The SMILES string of the molecule is CC(=O)Oc1ncccc1F. The average molecular weight is 155 g/mol. The van der Waals surface area contributed by atoms with Crippen LogP contribution in [0.3, 0.4) is 0 Å². The van der Waals surface area contributed by atoms with Crippen LogP contribution in [0.2, 0.25) is 0 Å². The van der Waals surface area contributed by atoms with Gasteiger partial charge in [-0.25, -0.2) is 9.37 Å². The van der Waals surface area contributed by atoms with Crippen LogP contribution in [-0.4, -0.2) is 11.0 Å². The molecular weight excluding hydrogens is 149 g/mol. The first-order valence-corrected chi connectivity index (χ1v) is 2.99. The molecule has 4 heteroatoms. The van der Waals surface area contributed by atoms with Gasteiger partial charge in [-0.2, -0.15) is 0 Å². The number of halogens is 1. The van der Waals surface area contributed by atoms with Gasteiger partial charge in [0.15, 0.2) is 5.82 Å². The summed E-state index contributed by atoms with van der Waals surface area (Å²) in [6.45, 7) is 1.19. The zero-order valence-electron chi connectivity index (χ0n) is 5.87. The van der Waals surface area contributed by atoms with Crippen molar-refractivity contribution in [2.45, 2.75) is 6.92 Å². The van der Waals surface area contributed by atoms with Crippen LogP contribution < -0.4 is 4.74 Å². The van der Waals surface area contributed by atoms with E-state index in [0.717, 1.165) is 0 Å². The Bertz CT molecular complexity index is 275. The van der Waals surface area contributed by atoms with Crippen molar-refractivity contribution in [1.29, 1.82) is 0 Å². The molecule has 0 N–H and O–H groups in total. The molecule has 1 rings (SSSR count). The van der Waals surface area contributed by atoms with Crippen molar-refractivity contribution in [2.75, 3.05) is 0 Å². The van der Waals surface area contributed by atoms with E-state index in [1.165, 1.54) is 25.3 Å². The Balaban J connectivity index is 2.86. The molecule has 0 saturated heterocycles. The summed E-state index contributed by atoms with van der Waals surface area (Å²) in [7, 11) is 0. The molecule has 0 atom stereocenters. The van der Waals surface area contributed by atoms with Crippen LogP contribution in [0.15, 0.2) is 18.3 Å². The van der Waals surface area contributed by atoms with Gasteiger partial charge in [-0.3, -0.25) is 4.79 Å². The number of rotatable bonds is 1. The number of hydrogen-bond acceptors (Lipinski definition) is 3. The monoisotopic (exact) mass is 155 g/mol. The molecule has 11 heavy (non-hydrogen) atoms. The van der Waals surface area contributed by atoms with E-state index < -0.39 is 11.8 Å². The van der Waals surface area contributed by atoms with Crippen LogP contribution in [0.4, 0.5) is 4.39 Å². The topological polar surface area (TPSA) is 39.2 Å². The lowest BCUT2D eigenvalue weighted by Crippen LogP contribution is -2.04. The molecule has 3 nitrogen and oxygen atoms in total. The van der Waals surface area contributed by atoms with Gasteiger partial charge in [0.1, 0.15) is 0 Å². The van der Waals surface area contributed by atoms with Gasteiger partial charge >= 0.3 is 5.97 Å². The molecule has 0 spiro atoms. The zero-order chi connectivity index (χ0) is 8.27. The molecular formula is C7H6FNO2. The van der Waals surface area contributed by atoms with Crippen LogP contribution in [0.25, 0.3) is 0 Å². The Kier molecular flexibility index (Phi) is 2.15. The first-order valence-electron chi connectivity index (χ1n) is 2.99. The summed E-state index contributed by atoms with van der Waals surface area (Å²) >= 11 is 0. The van der Waals surface area contributed by atoms with Crippen molar-refractivity contribution in [1.82, 2.24) is 4.98 Å². The molecule has 0 amide bonds. The van der Waals surface area contributed by atoms with E-state index in [9.17, 15) is 9.18 Å². The lowest BCUT2D eigenvalue weighted by Gasteiger charge is -1.98. The van der Waals surface area contributed by atoms with E-state index >= 15 is 0 Å². The van der Waals surface area contributed by atoms with Gasteiger partial charge in [0, 0.05) is 13.1 Å². The standard InChI is InChI=1S/C7H6FNO2/c1-5(10)11-7-6(8)3-2-4-9-7/h2-4H,1H3. The third kappa shape index (κ3) is 2.00.